The van der Waals surface area contributed by atoms with Crippen LogP contribution in [-0.2, 0) is 27.3 Å². The Balaban J connectivity index is 1.06. The summed E-state index contributed by atoms with van der Waals surface area (Å²) in [7, 11) is 0. The number of piperazine rings is 1. The number of halogens is 1. The van der Waals surface area contributed by atoms with Gasteiger partial charge in [-0.2, -0.15) is 0 Å². The number of hydrogen-bond donors (Lipinski definition) is 0. The number of carbonyl (C=O) groups excluding carboxylic acids is 2. The lowest BCUT2D eigenvalue weighted by Gasteiger charge is -2.37. The number of carbonyl (C=O) groups is 2. The minimum absolute atomic E-state index is 0.118. The van der Waals surface area contributed by atoms with E-state index in [4.69, 9.17) is 14.5 Å². The number of Topliss-reactive ketones (excluding diaryl/α,β-unsaturated/α-hetero) is 1. The van der Waals surface area contributed by atoms with Gasteiger partial charge < -0.3 is 9.47 Å². The fraction of sp³-hybridized carbons (Fsp3) is 0.429. The largest absolute Gasteiger partial charge is 0.466 e. The predicted molar refractivity (Wildman–Crippen MR) is 173 cm³/mol. The summed E-state index contributed by atoms with van der Waals surface area (Å²) >= 11 is 1.51. The van der Waals surface area contributed by atoms with E-state index < -0.39 is 5.82 Å². The number of benzene rings is 1. The minimum Gasteiger partial charge on any atom is -0.466 e. The van der Waals surface area contributed by atoms with Gasteiger partial charge in [0.1, 0.15) is 11.5 Å². The van der Waals surface area contributed by atoms with E-state index in [1.807, 2.05) is 25.3 Å². The molecule has 1 unspecified atom stereocenters. The third kappa shape index (κ3) is 8.11. The lowest BCUT2D eigenvalue weighted by Crippen LogP contribution is -2.49. The molecule has 2 aliphatic rings. The van der Waals surface area contributed by atoms with Crippen LogP contribution in [0.25, 0.3) is 20.8 Å². The highest BCUT2D eigenvalue weighted by atomic mass is 32.1. The Labute approximate surface area is 267 Å². The molecule has 1 aliphatic carbocycles. The van der Waals surface area contributed by atoms with Gasteiger partial charge in [-0.25, -0.2) is 4.39 Å². The molecule has 1 saturated carbocycles. The first-order chi connectivity index (χ1) is 21.8. The van der Waals surface area contributed by atoms with Crippen molar-refractivity contribution in [2.24, 2.45) is 5.92 Å². The summed E-state index contributed by atoms with van der Waals surface area (Å²) in [5.74, 6) is 0.706. The number of esters is 1. The van der Waals surface area contributed by atoms with Crippen LogP contribution in [0.15, 0.2) is 54.9 Å². The minimum atomic E-state index is -0.488. The first kappa shape index (κ1) is 31.3. The molecule has 0 bridgehead atoms. The Bertz CT molecular complexity index is 1650. The molecule has 45 heavy (non-hydrogen) atoms. The normalized spacial score (nSPS) is 16.5. The third-order valence-corrected chi connectivity index (χ3v) is 9.65. The van der Waals surface area contributed by atoms with E-state index in [1.54, 1.807) is 24.4 Å². The summed E-state index contributed by atoms with van der Waals surface area (Å²) in [6, 6.07) is 12.8. The lowest BCUT2D eigenvalue weighted by atomic mass is 10.0. The van der Waals surface area contributed by atoms with Crippen molar-refractivity contribution in [3.05, 3.63) is 71.8 Å². The molecule has 10 heteroatoms. The molecule has 4 heterocycles. The number of thiophene rings is 1. The SMILES string of the molecule is CCOC(=O)CC(C)N1CCN(Cc2ccc(-c3cc4nccc(Oc5ccc(CC(=O)CC6CC6)cc5F)c4s3)nc2)CC1. The van der Waals surface area contributed by atoms with E-state index in [0.717, 1.165) is 71.9 Å². The van der Waals surface area contributed by atoms with Crippen molar-refractivity contribution >= 4 is 33.3 Å². The molecular formula is C35H39FN4O4S. The van der Waals surface area contributed by atoms with Crippen molar-refractivity contribution in [2.75, 3.05) is 32.8 Å². The zero-order valence-corrected chi connectivity index (χ0v) is 26.7. The van der Waals surface area contributed by atoms with Gasteiger partial charge in [0.15, 0.2) is 11.6 Å². The average molecular weight is 631 g/mol. The molecule has 2 fully saturated rings. The van der Waals surface area contributed by atoms with Crippen LogP contribution in [0.5, 0.6) is 11.5 Å². The second-order valence-electron chi connectivity index (χ2n) is 12.1. The topological polar surface area (TPSA) is 84.9 Å². The van der Waals surface area contributed by atoms with Crippen LogP contribution in [0.2, 0.25) is 0 Å². The second kappa shape index (κ2) is 14.1. The first-order valence-corrected chi connectivity index (χ1v) is 16.6. The Morgan fingerprint density at radius 3 is 2.53 bits per heavy atom. The molecule has 1 atom stereocenters. The quantitative estimate of drug-likeness (QED) is 0.152. The summed E-state index contributed by atoms with van der Waals surface area (Å²) in [4.78, 5) is 39.0. The smallest absolute Gasteiger partial charge is 0.307 e. The predicted octanol–water partition coefficient (Wildman–Crippen LogP) is 6.66. The molecule has 8 nitrogen and oxygen atoms in total. The van der Waals surface area contributed by atoms with Gasteiger partial charge in [-0.05, 0) is 68.0 Å². The Morgan fingerprint density at radius 1 is 1.02 bits per heavy atom. The second-order valence-corrected chi connectivity index (χ2v) is 13.1. The van der Waals surface area contributed by atoms with Crippen molar-refractivity contribution in [1.82, 2.24) is 19.8 Å². The number of aromatic nitrogens is 2. The maximum atomic E-state index is 15.0. The average Bonchev–Trinajstić information content (AvgIpc) is 3.72. The number of rotatable bonds is 13. The van der Waals surface area contributed by atoms with Crippen LogP contribution >= 0.6 is 11.3 Å². The Hall–Kier alpha value is -3.73. The number of pyridine rings is 2. The monoisotopic (exact) mass is 630 g/mol. The highest BCUT2D eigenvalue weighted by molar-refractivity contribution is 7.22. The van der Waals surface area contributed by atoms with E-state index in [1.165, 1.54) is 17.4 Å². The van der Waals surface area contributed by atoms with Crippen LogP contribution in [0.3, 0.4) is 0 Å². The maximum absolute atomic E-state index is 15.0. The van der Waals surface area contributed by atoms with Crippen LogP contribution in [-0.4, -0.2) is 70.3 Å². The van der Waals surface area contributed by atoms with Gasteiger partial charge in [0.25, 0.3) is 0 Å². The summed E-state index contributed by atoms with van der Waals surface area (Å²) in [6.07, 6.45) is 7.09. The number of ketones is 1. The van der Waals surface area contributed by atoms with E-state index in [2.05, 4.69) is 27.8 Å². The van der Waals surface area contributed by atoms with Gasteiger partial charge in [-0.3, -0.25) is 29.4 Å². The summed E-state index contributed by atoms with van der Waals surface area (Å²) < 4.78 is 26.9. The standard InChI is InChI=1S/C35H39FN4O4S/c1-3-43-34(42)16-23(2)40-14-12-39(13-15-40)22-26-6-8-29(38-21-26)33-20-30-35(45-33)32(10-11-37-30)44-31-9-7-25(19-28(31)36)18-27(41)17-24-4-5-24/h6-11,19-21,23-24H,3-5,12-18,22H2,1-2H3. The van der Waals surface area contributed by atoms with E-state index in [-0.39, 0.29) is 30.0 Å². The number of fused-ring (bicyclic) bond motifs is 1. The van der Waals surface area contributed by atoms with Crippen molar-refractivity contribution in [3.8, 4) is 22.1 Å². The molecule has 6 rings (SSSR count). The molecule has 0 N–H and O–H groups in total. The van der Waals surface area contributed by atoms with Gasteiger partial charge in [0.2, 0.25) is 0 Å². The molecule has 1 saturated heterocycles. The van der Waals surface area contributed by atoms with Crippen molar-refractivity contribution in [3.63, 3.8) is 0 Å². The molecule has 236 valence electrons. The zero-order chi connectivity index (χ0) is 31.3. The number of ether oxygens (including phenoxy) is 2. The van der Waals surface area contributed by atoms with Crippen molar-refractivity contribution < 1.29 is 23.5 Å². The molecule has 0 radical (unpaired) electrons. The molecule has 0 spiro atoms. The molecule has 3 aromatic heterocycles. The van der Waals surface area contributed by atoms with Gasteiger partial charge >= 0.3 is 5.97 Å². The Kier molecular flexibility index (Phi) is 9.82. The van der Waals surface area contributed by atoms with E-state index in [9.17, 15) is 14.0 Å². The maximum Gasteiger partial charge on any atom is 0.307 e. The molecular weight excluding hydrogens is 591 g/mol. The van der Waals surface area contributed by atoms with Crippen molar-refractivity contribution in [1.29, 1.82) is 0 Å². The summed E-state index contributed by atoms with van der Waals surface area (Å²) in [5, 5.41) is 0. The number of nitrogens with zero attached hydrogens (tertiary/aromatic N) is 4. The van der Waals surface area contributed by atoms with Crippen LogP contribution < -0.4 is 4.74 Å². The highest BCUT2D eigenvalue weighted by Gasteiger charge is 2.25. The molecule has 1 aliphatic heterocycles. The molecule has 0 amide bonds. The first-order valence-electron chi connectivity index (χ1n) is 15.8. The Morgan fingerprint density at radius 2 is 1.82 bits per heavy atom. The molecule has 4 aromatic rings. The fourth-order valence-corrected chi connectivity index (χ4v) is 6.84. The van der Waals surface area contributed by atoms with Gasteiger partial charge in [-0.1, -0.05) is 12.1 Å². The van der Waals surface area contributed by atoms with Crippen LogP contribution in [0.1, 0.15) is 50.7 Å². The zero-order valence-electron chi connectivity index (χ0n) is 25.8. The van der Waals surface area contributed by atoms with Crippen molar-refractivity contribution in [2.45, 2.75) is 58.5 Å². The van der Waals surface area contributed by atoms with E-state index in [0.29, 0.717) is 36.7 Å². The van der Waals surface area contributed by atoms with Gasteiger partial charge in [-0.15, -0.1) is 11.3 Å². The summed E-state index contributed by atoms with van der Waals surface area (Å²) in [5.41, 5.74) is 3.41. The fourth-order valence-electron chi connectivity index (χ4n) is 5.80. The molecule has 1 aromatic carbocycles. The summed E-state index contributed by atoms with van der Waals surface area (Å²) in [6.45, 7) is 8.86. The lowest BCUT2D eigenvalue weighted by molar-refractivity contribution is -0.144. The third-order valence-electron chi connectivity index (χ3n) is 8.49. The number of hydrogen-bond acceptors (Lipinski definition) is 9. The van der Waals surface area contributed by atoms with Crippen LogP contribution in [0, 0.1) is 11.7 Å². The van der Waals surface area contributed by atoms with Gasteiger partial charge in [0.05, 0.1) is 33.8 Å². The highest BCUT2D eigenvalue weighted by Crippen LogP contribution is 2.39. The van der Waals surface area contributed by atoms with E-state index >= 15 is 0 Å². The van der Waals surface area contributed by atoms with Crippen LogP contribution in [0.4, 0.5) is 4.39 Å². The van der Waals surface area contributed by atoms with Gasteiger partial charge in [0, 0.05) is 70.1 Å².